The molecule has 0 spiro atoms. The number of ether oxygens (including phenoxy) is 1. The average Bonchev–Trinajstić information content (AvgIpc) is 3.09. The lowest BCUT2D eigenvalue weighted by molar-refractivity contribution is 0.249. The second-order valence-electron chi connectivity index (χ2n) is 5.43. The molecule has 118 valence electrons. The molecule has 23 heavy (non-hydrogen) atoms. The van der Waals surface area contributed by atoms with Crippen LogP contribution in [0.15, 0.2) is 66.3 Å². The minimum atomic E-state index is 0.887. The Balaban J connectivity index is 1.73. The van der Waals surface area contributed by atoms with Crippen LogP contribution in [0, 0.1) is 0 Å². The highest BCUT2D eigenvalue weighted by atomic mass is 32.1. The number of nitrogens with zero attached hydrogens (tertiary/aromatic N) is 2. The van der Waals surface area contributed by atoms with Gasteiger partial charge in [-0.15, -0.1) is 11.3 Å². The molecular formula is C19H20N2OS. The Morgan fingerprint density at radius 3 is 2.43 bits per heavy atom. The molecular weight excluding hydrogens is 304 g/mol. The molecule has 0 amide bonds. The average molecular weight is 324 g/mol. The fraction of sp³-hybridized carbons (Fsp3) is 0.211. The first-order valence-electron chi connectivity index (χ1n) is 7.60. The van der Waals surface area contributed by atoms with Gasteiger partial charge in [0, 0.05) is 36.9 Å². The lowest BCUT2D eigenvalue weighted by atomic mass is 10.2. The van der Waals surface area contributed by atoms with Crippen LogP contribution in [0.3, 0.4) is 0 Å². The zero-order chi connectivity index (χ0) is 15.9. The Bertz CT molecular complexity index is 696. The first-order valence-corrected chi connectivity index (χ1v) is 8.48. The van der Waals surface area contributed by atoms with Gasteiger partial charge in [0.1, 0.15) is 5.75 Å². The van der Waals surface area contributed by atoms with Gasteiger partial charge in [0.05, 0.1) is 7.11 Å². The predicted octanol–water partition coefficient (Wildman–Crippen LogP) is 4.35. The van der Waals surface area contributed by atoms with Crippen molar-refractivity contribution in [3.8, 4) is 5.75 Å². The minimum Gasteiger partial charge on any atom is -0.497 e. The van der Waals surface area contributed by atoms with Crippen molar-refractivity contribution in [2.75, 3.05) is 7.11 Å². The second kappa shape index (κ2) is 7.90. The maximum atomic E-state index is 5.23. The van der Waals surface area contributed by atoms with E-state index >= 15 is 0 Å². The van der Waals surface area contributed by atoms with Crippen LogP contribution >= 0.6 is 11.3 Å². The van der Waals surface area contributed by atoms with Gasteiger partial charge in [0.25, 0.3) is 0 Å². The lowest BCUT2D eigenvalue weighted by Crippen LogP contribution is -2.22. The fourth-order valence-electron chi connectivity index (χ4n) is 2.53. The van der Waals surface area contributed by atoms with Crippen molar-refractivity contribution in [3.05, 3.63) is 82.3 Å². The van der Waals surface area contributed by atoms with Crippen LogP contribution in [0.4, 0.5) is 0 Å². The first kappa shape index (κ1) is 15.7. The molecule has 0 saturated heterocycles. The van der Waals surface area contributed by atoms with Gasteiger partial charge in [-0.25, -0.2) is 0 Å². The highest BCUT2D eigenvalue weighted by Gasteiger charge is 2.09. The normalized spacial score (nSPS) is 10.9. The van der Waals surface area contributed by atoms with Gasteiger partial charge in [0.15, 0.2) is 0 Å². The SMILES string of the molecule is COc1ccc(CN(Cc2cccnc2)Cc2cccs2)cc1. The topological polar surface area (TPSA) is 25.4 Å². The summed E-state index contributed by atoms with van der Waals surface area (Å²) in [5, 5.41) is 2.13. The molecule has 4 heteroatoms. The number of aromatic nitrogens is 1. The minimum absolute atomic E-state index is 0.887. The van der Waals surface area contributed by atoms with E-state index in [0.717, 1.165) is 25.4 Å². The second-order valence-corrected chi connectivity index (χ2v) is 6.47. The van der Waals surface area contributed by atoms with Crippen LogP contribution in [0.1, 0.15) is 16.0 Å². The molecule has 0 N–H and O–H groups in total. The molecule has 0 unspecified atom stereocenters. The summed E-state index contributed by atoms with van der Waals surface area (Å²) in [5.74, 6) is 0.894. The number of methoxy groups -OCH3 is 1. The molecule has 3 rings (SSSR count). The fourth-order valence-corrected chi connectivity index (χ4v) is 3.28. The van der Waals surface area contributed by atoms with Gasteiger partial charge in [-0.2, -0.15) is 0 Å². The van der Waals surface area contributed by atoms with Crippen molar-refractivity contribution in [2.24, 2.45) is 0 Å². The number of hydrogen-bond acceptors (Lipinski definition) is 4. The number of hydrogen-bond donors (Lipinski definition) is 0. The molecule has 3 nitrogen and oxygen atoms in total. The Kier molecular flexibility index (Phi) is 5.40. The molecule has 0 fully saturated rings. The summed E-state index contributed by atoms with van der Waals surface area (Å²) in [4.78, 5) is 8.04. The highest BCUT2D eigenvalue weighted by Crippen LogP contribution is 2.18. The van der Waals surface area contributed by atoms with Gasteiger partial charge in [-0.05, 0) is 40.8 Å². The molecule has 0 atom stereocenters. The van der Waals surface area contributed by atoms with Gasteiger partial charge >= 0.3 is 0 Å². The van der Waals surface area contributed by atoms with Crippen LogP contribution in [-0.2, 0) is 19.6 Å². The van der Waals surface area contributed by atoms with Crippen molar-refractivity contribution in [2.45, 2.75) is 19.6 Å². The number of rotatable bonds is 7. The summed E-state index contributed by atoms with van der Waals surface area (Å²) in [6, 6.07) is 16.7. The smallest absolute Gasteiger partial charge is 0.118 e. The molecule has 0 aliphatic carbocycles. The quantitative estimate of drug-likeness (QED) is 0.646. The first-order chi connectivity index (χ1) is 11.3. The molecule has 1 aromatic carbocycles. The summed E-state index contributed by atoms with van der Waals surface area (Å²) >= 11 is 1.80. The Hall–Kier alpha value is -2.17. The zero-order valence-electron chi connectivity index (χ0n) is 13.2. The molecule has 2 heterocycles. The molecule has 0 bridgehead atoms. The van der Waals surface area contributed by atoms with Gasteiger partial charge < -0.3 is 4.74 Å². The van der Waals surface area contributed by atoms with Gasteiger partial charge in [-0.1, -0.05) is 24.3 Å². The third kappa shape index (κ3) is 4.65. The maximum absolute atomic E-state index is 5.23. The molecule has 2 aromatic heterocycles. The van der Waals surface area contributed by atoms with E-state index in [2.05, 4.69) is 45.6 Å². The summed E-state index contributed by atoms with van der Waals surface area (Å²) in [6.07, 6.45) is 3.76. The highest BCUT2D eigenvalue weighted by molar-refractivity contribution is 7.09. The van der Waals surface area contributed by atoms with E-state index in [9.17, 15) is 0 Å². The predicted molar refractivity (Wildman–Crippen MR) is 94.5 cm³/mol. The third-order valence-corrected chi connectivity index (χ3v) is 4.51. The Morgan fingerprint density at radius 2 is 1.78 bits per heavy atom. The lowest BCUT2D eigenvalue weighted by Gasteiger charge is -2.22. The number of thiophene rings is 1. The van der Waals surface area contributed by atoms with E-state index in [1.54, 1.807) is 18.4 Å². The third-order valence-electron chi connectivity index (χ3n) is 3.65. The monoisotopic (exact) mass is 324 g/mol. The van der Waals surface area contributed by atoms with E-state index < -0.39 is 0 Å². The van der Waals surface area contributed by atoms with Crippen molar-refractivity contribution in [1.29, 1.82) is 0 Å². The molecule has 0 aliphatic rings. The summed E-state index contributed by atoms with van der Waals surface area (Å²) in [6.45, 7) is 2.73. The van der Waals surface area contributed by atoms with Gasteiger partial charge in [-0.3, -0.25) is 9.88 Å². The molecule has 3 aromatic rings. The largest absolute Gasteiger partial charge is 0.497 e. The van der Waals surface area contributed by atoms with Crippen molar-refractivity contribution in [1.82, 2.24) is 9.88 Å². The summed E-state index contributed by atoms with van der Waals surface area (Å²) in [5.41, 5.74) is 2.52. The molecule has 0 aliphatic heterocycles. The Labute approximate surface area is 141 Å². The Morgan fingerprint density at radius 1 is 0.957 bits per heavy atom. The van der Waals surface area contributed by atoms with Gasteiger partial charge in [0.2, 0.25) is 0 Å². The van der Waals surface area contributed by atoms with Crippen molar-refractivity contribution < 1.29 is 4.74 Å². The van der Waals surface area contributed by atoms with E-state index in [1.165, 1.54) is 16.0 Å². The maximum Gasteiger partial charge on any atom is 0.118 e. The van der Waals surface area contributed by atoms with Crippen LogP contribution in [-0.4, -0.2) is 17.0 Å². The number of pyridine rings is 1. The van der Waals surface area contributed by atoms with Crippen LogP contribution < -0.4 is 4.74 Å². The van der Waals surface area contributed by atoms with Crippen LogP contribution in [0.25, 0.3) is 0 Å². The van der Waals surface area contributed by atoms with Crippen molar-refractivity contribution in [3.63, 3.8) is 0 Å². The van der Waals surface area contributed by atoms with Crippen LogP contribution in [0.5, 0.6) is 5.75 Å². The van der Waals surface area contributed by atoms with E-state index in [4.69, 9.17) is 4.74 Å². The van der Waals surface area contributed by atoms with E-state index in [1.807, 2.05) is 30.6 Å². The zero-order valence-corrected chi connectivity index (χ0v) is 14.0. The molecule has 0 saturated carbocycles. The summed E-state index contributed by atoms with van der Waals surface area (Å²) in [7, 11) is 1.69. The van der Waals surface area contributed by atoms with E-state index in [0.29, 0.717) is 0 Å². The van der Waals surface area contributed by atoms with E-state index in [-0.39, 0.29) is 0 Å². The number of benzene rings is 1. The van der Waals surface area contributed by atoms with Crippen molar-refractivity contribution >= 4 is 11.3 Å². The summed E-state index contributed by atoms with van der Waals surface area (Å²) < 4.78 is 5.23. The van der Waals surface area contributed by atoms with Crippen LogP contribution in [0.2, 0.25) is 0 Å². The standard InChI is InChI=1S/C19H20N2OS/c1-22-18-8-6-16(7-9-18)13-21(15-19-5-3-11-23-19)14-17-4-2-10-20-12-17/h2-12H,13-15H2,1H3. The molecule has 0 radical (unpaired) electrons.